The van der Waals surface area contributed by atoms with Gasteiger partial charge in [-0.1, -0.05) is 24.3 Å². The molecule has 4 heteroatoms. The smallest absolute Gasteiger partial charge is 0.176 e. The summed E-state index contributed by atoms with van der Waals surface area (Å²) in [6.45, 7) is 2.80. The molecule has 0 amide bonds. The van der Waals surface area contributed by atoms with Crippen LogP contribution in [0.25, 0.3) is 22.6 Å². The van der Waals surface area contributed by atoms with E-state index in [0.29, 0.717) is 0 Å². The van der Waals surface area contributed by atoms with Crippen LogP contribution in [0, 0.1) is 6.92 Å². The second-order valence-electron chi connectivity index (χ2n) is 5.29. The van der Waals surface area contributed by atoms with Crippen LogP contribution < -0.4 is 0 Å². The van der Waals surface area contributed by atoms with E-state index in [9.17, 15) is 0 Å². The first-order valence-electron chi connectivity index (χ1n) is 7.21. The minimum atomic E-state index is 0.722. The molecule has 0 saturated carbocycles. The zero-order chi connectivity index (χ0) is 14.9. The molecule has 3 aromatic heterocycles. The van der Waals surface area contributed by atoms with Crippen molar-refractivity contribution in [2.45, 2.75) is 13.5 Å². The van der Waals surface area contributed by atoms with Gasteiger partial charge in [0.15, 0.2) is 11.6 Å². The largest absolute Gasteiger partial charge is 0.453 e. The molecule has 0 atom stereocenters. The highest BCUT2D eigenvalue weighted by molar-refractivity contribution is 5.86. The lowest BCUT2D eigenvalue weighted by Gasteiger charge is -2.06. The van der Waals surface area contributed by atoms with Crippen molar-refractivity contribution in [3.8, 4) is 11.6 Å². The highest BCUT2D eigenvalue weighted by atomic mass is 16.3. The third kappa shape index (κ3) is 2.09. The average Bonchev–Trinajstić information content (AvgIpc) is 3.13. The van der Waals surface area contributed by atoms with Crippen LogP contribution in [0.1, 0.15) is 11.1 Å². The van der Waals surface area contributed by atoms with Gasteiger partial charge < -0.3 is 8.98 Å². The number of hydrogen-bond acceptors (Lipinski definition) is 3. The van der Waals surface area contributed by atoms with Crippen LogP contribution in [0.3, 0.4) is 0 Å². The molecule has 0 spiro atoms. The molecule has 0 unspecified atom stereocenters. The number of imidazole rings is 1. The summed E-state index contributed by atoms with van der Waals surface area (Å²) < 4.78 is 8.11. The summed E-state index contributed by atoms with van der Waals surface area (Å²) in [5.74, 6) is 1.67. The standard InChI is InChI=1S/C18H15N3O/c1-13-15-6-2-3-7-16(15)22-17(13)18-20-9-10-21(18)12-14-5-4-8-19-11-14/h2-11H,12H2,1H3. The van der Waals surface area contributed by atoms with Gasteiger partial charge in [0, 0.05) is 35.7 Å². The fourth-order valence-corrected chi connectivity index (χ4v) is 2.72. The van der Waals surface area contributed by atoms with Crippen LogP contribution in [-0.4, -0.2) is 14.5 Å². The first-order chi connectivity index (χ1) is 10.8. The van der Waals surface area contributed by atoms with Crippen molar-refractivity contribution in [2.24, 2.45) is 0 Å². The number of fused-ring (bicyclic) bond motifs is 1. The van der Waals surface area contributed by atoms with Gasteiger partial charge in [0.25, 0.3) is 0 Å². The molecule has 4 nitrogen and oxygen atoms in total. The van der Waals surface area contributed by atoms with Gasteiger partial charge in [0.2, 0.25) is 0 Å². The predicted molar refractivity (Wildman–Crippen MR) is 85.5 cm³/mol. The molecule has 0 radical (unpaired) electrons. The number of hydrogen-bond donors (Lipinski definition) is 0. The first kappa shape index (κ1) is 12.8. The number of aromatic nitrogens is 3. The number of nitrogens with zero attached hydrogens (tertiary/aromatic N) is 3. The molecule has 0 aliphatic heterocycles. The first-order valence-corrected chi connectivity index (χ1v) is 7.21. The molecule has 0 saturated heterocycles. The molecule has 0 aliphatic carbocycles. The molecule has 0 N–H and O–H groups in total. The Hall–Kier alpha value is -2.88. The number of benzene rings is 1. The fourth-order valence-electron chi connectivity index (χ4n) is 2.72. The quantitative estimate of drug-likeness (QED) is 0.571. The lowest BCUT2D eigenvalue weighted by molar-refractivity contribution is 0.614. The summed E-state index contributed by atoms with van der Waals surface area (Å²) in [5.41, 5.74) is 3.15. The maximum Gasteiger partial charge on any atom is 0.176 e. The Morgan fingerprint density at radius 2 is 2.00 bits per heavy atom. The van der Waals surface area contributed by atoms with E-state index in [0.717, 1.165) is 40.2 Å². The number of furan rings is 1. The maximum atomic E-state index is 6.02. The molecule has 1 aromatic carbocycles. The van der Waals surface area contributed by atoms with Crippen molar-refractivity contribution in [1.82, 2.24) is 14.5 Å². The fraction of sp³-hybridized carbons (Fsp3) is 0.111. The van der Waals surface area contributed by atoms with Crippen molar-refractivity contribution >= 4 is 11.0 Å². The van der Waals surface area contributed by atoms with Gasteiger partial charge in [-0.3, -0.25) is 4.98 Å². The molecule has 4 rings (SSSR count). The van der Waals surface area contributed by atoms with Crippen LogP contribution in [0.15, 0.2) is 65.6 Å². The summed E-state index contributed by atoms with van der Waals surface area (Å²) in [6, 6.07) is 12.1. The topological polar surface area (TPSA) is 43.9 Å². The van der Waals surface area contributed by atoms with Crippen molar-refractivity contribution in [1.29, 1.82) is 0 Å². The third-order valence-electron chi connectivity index (χ3n) is 3.84. The summed E-state index contributed by atoms with van der Waals surface area (Å²) in [4.78, 5) is 8.65. The monoisotopic (exact) mass is 289 g/mol. The Kier molecular flexibility index (Phi) is 3.00. The number of pyridine rings is 1. The van der Waals surface area contributed by atoms with Crippen molar-refractivity contribution < 1.29 is 4.42 Å². The molecule has 22 heavy (non-hydrogen) atoms. The van der Waals surface area contributed by atoms with E-state index in [-0.39, 0.29) is 0 Å². The van der Waals surface area contributed by atoms with Gasteiger partial charge in [-0.2, -0.15) is 0 Å². The molecule has 3 heterocycles. The van der Waals surface area contributed by atoms with E-state index >= 15 is 0 Å². The highest BCUT2D eigenvalue weighted by Crippen LogP contribution is 2.32. The molecule has 0 aliphatic rings. The summed E-state index contributed by atoms with van der Waals surface area (Å²) >= 11 is 0. The highest BCUT2D eigenvalue weighted by Gasteiger charge is 2.16. The third-order valence-corrected chi connectivity index (χ3v) is 3.84. The zero-order valence-corrected chi connectivity index (χ0v) is 12.2. The summed E-state index contributed by atoms with van der Waals surface area (Å²) in [5, 5.41) is 1.13. The average molecular weight is 289 g/mol. The Balaban J connectivity index is 1.80. The summed E-state index contributed by atoms with van der Waals surface area (Å²) in [6.07, 6.45) is 7.42. The van der Waals surface area contributed by atoms with Gasteiger partial charge in [0.05, 0.1) is 6.54 Å². The van der Waals surface area contributed by atoms with E-state index in [1.54, 1.807) is 12.4 Å². The number of para-hydroxylation sites is 1. The van der Waals surface area contributed by atoms with E-state index in [1.807, 2.05) is 36.7 Å². The molecule has 108 valence electrons. The van der Waals surface area contributed by atoms with Crippen LogP contribution in [-0.2, 0) is 6.54 Å². The van der Waals surface area contributed by atoms with E-state index in [2.05, 4.69) is 33.6 Å². The van der Waals surface area contributed by atoms with E-state index < -0.39 is 0 Å². The lowest BCUT2D eigenvalue weighted by Crippen LogP contribution is -2.01. The van der Waals surface area contributed by atoms with Crippen LogP contribution >= 0.6 is 0 Å². The van der Waals surface area contributed by atoms with Gasteiger partial charge in [-0.15, -0.1) is 0 Å². The van der Waals surface area contributed by atoms with Crippen molar-refractivity contribution in [3.05, 3.63) is 72.3 Å². The SMILES string of the molecule is Cc1c(-c2nccn2Cc2cccnc2)oc2ccccc12. The zero-order valence-electron chi connectivity index (χ0n) is 12.2. The summed E-state index contributed by atoms with van der Waals surface area (Å²) in [7, 11) is 0. The van der Waals surface area contributed by atoms with E-state index in [4.69, 9.17) is 4.42 Å². The second-order valence-corrected chi connectivity index (χ2v) is 5.29. The van der Waals surface area contributed by atoms with Crippen LogP contribution in [0.4, 0.5) is 0 Å². The Morgan fingerprint density at radius 3 is 2.82 bits per heavy atom. The Bertz CT molecular complexity index is 922. The molecular formula is C18H15N3O. The van der Waals surface area contributed by atoms with Gasteiger partial charge in [0.1, 0.15) is 5.58 Å². The number of rotatable bonds is 3. The molecular weight excluding hydrogens is 274 g/mol. The van der Waals surface area contributed by atoms with Gasteiger partial charge >= 0.3 is 0 Å². The van der Waals surface area contributed by atoms with Gasteiger partial charge in [-0.05, 0) is 24.6 Å². The molecule has 0 bridgehead atoms. The normalized spacial score (nSPS) is 11.1. The number of aryl methyl sites for hydroxylation is 1. The second kappa shape index (κ2) is 5.15. The van der Waals surface area contributed by atoms with Crippen molar-refractivity contribution in [2.75, 3.05) is 0 Å². The predicted octanol–water partition coefficient (Wildman–Crippen LogP) is 4.05. The lowest BCUT2D eigenvalue weighted by atomic mass is 10.1. The molecule has 4 aromatic rings. The van der Waals surface area contributed by atoms with E-state index in [1.165, 1.54) is 0 Å². The minimum absolute atomic E-state index is 0.722. The Labute approximate surface area is 128 Å². The minimum Gasteiger partial charge on any atom is -0.453 e. The Morgan fingerprint density at radius 1 is 1.09 bits per heavy atom. The van der Waals surface area contributed by atoms with Crippen LogP contribution in [0.5, 0.6) is 0 Å². The van der Waals surface area contributed by atoms with Crippen molar-refractivity contribution in [3.63, 3.8) is 0 Å². The van der Waals surface area contributed by atoms with Gasteiger partial charge in [-0.25, -0.2) is 4.98 Å². The molecule has 0 fully saturated rings. The van der Waals surface area contributed by atoms with Crippen LogP contribution in [0.2, 0.25) is 0 Å². The maximum absolute atomic E-state index is 6.02.